The Kier molecular flexibility index (Phi) is 2.65. The van der Waals surface area contributed by atoms with E-state index in [4.69, 9.17) is 4.74 Å². The Balaban J connectivity index is 2.25. The summed E-state index contributed by atoms with van der Waals surface area (Å²) in [6, 6.07) is 0. The van der Waals surface area contributed by atoms with Crippen LogP contribution in [0.4, 0.5) is 0 Å². The molecule has 3 heteroatoms. The van der Waals surface area contributed by atoms with Crippen molar-refractivity contribution in [1.82, 2.24) is 0 Å². The summed E-state index contributed by atoms with van der Waals surface area (Å²) in [5.41, 5.74) is 0.472. The van der Waals surface area contributed by atoms with Gasteiger partial charge in [0, 0.05) is 17.7 Å². The first-order chi connectivity index (χ1) is 6.94. The van der Waals surface area contributed by atoms with Gasteiger partial charge in [-0.2, -0.15) is 0 Å². The topological polar surface area (TPSA) is 26.3 Å². The summed E-state index contributed by atoms with van der Waals surface area (Å²) < 4.78 is 5.49. The maximum absolute atomic E-state index is 11.1. The first kappa shape index (κ1) is 11.4. The van der Waals surface area contributed by atoms with Gasteiger partial charge in [-0.15, -0.1) is 0 Å². The van der Waals surface area contributed by atoms with Crippen LogP contribution in [-0.2, 0) is 9.53 Å². The Morgan fingerprint density at radius 3 is 2.67 bits per heavy atom. The average Bonchev–Trinajstić information content (AvgIpc) is 2.52. The highest BCUT2D eigenvalue weighted by Crippen LogP contribution is 2.66. The van der Waals surface area contributed by atoms with Crippen molar-refractivity contribution < 1.29 is 9.53 Å². The van der Waals surface area contributed by atoms with Gasteiger partial charge in [-0.3, -0.25) is 4.79 Å². The van der Waals surface area contributed by atoms with E-state index in [1.807, 2.05) is 0 Å². The van der Waals surface area contributed by atoms with Crippen LogP contribution in [0.5, 0.6) is 0 Å². The fraction of sp³-hybridized carbons (Fsp3) is 0.917. The second-order valence-corrected chi connectivity index (χ2v) is 6.10. The summed E-state index contributed by atoms with van der Waals surface area (Å²) in [7, 11) is 0. The van der Waals surface area contributed by atoms with E-state index in [9.17, 15) is 4.79 Å². The van der Waals surface area contributed by atoms with Gasteiger partial charge in [-0.25, -0.2) is 0 Å². The maximum atomic E-state index is 11.1. The van der Waals surface area contributed by atoms with Gasteiger partial charge in [0.25, 0.3) is 0 Å². The molecule has 2 aliphatic rings. The molecule has 2 bridgehead atoms. The van der Waals surface area contributed by atoms with Gasteiger partial charge in [0.05, 0.1) is 0 Å². The van der Waals surface area contributed by atoms with E-state index in [2.05, 4.69) is 29.8 Å². The lowest BCUT2D eigenvalue weighted by Gasteiger charge is -2.39. The zero-order chi connectivity index (χ0) is 11.3. The Morgan fingerprint density at radius 2 is 2.20 bits per heavy atom. The van der Waals surface area contributed by atoms with Crippen LogP contribution >= 0.6 is 15.9 Å². The lowest BCUT2D eigenvalue weighted by molar-refractivity contribution is -0.153. The number of carbonyl (C=O) groups is 1. The molecule has 2 nitrogen and oxygen atoms in total. The van der Waals surface area contributed by atoms with Crippen LogP contribution in [0.25, 0.3) is 0 Å². The van der Waals surface area contributed by atoms with Crippen molar-refractivity contribution in [3.8, 4) is 0 Å². The van der Waals surface area contributed by atoms with E-state index < -0.39 is 0 Å². The second-order valence-electron chi connectivity index (χ2n) is 5.54. The minimum atomic E-state index is -0.134. The smallest absolute Gasteiger partial charge is 0.302 e. The molecule has 86 valence electrons. The first-order valence-electron chi connectivity index (χ1n) is 5.67. The number of esters is 1. The van der Waals surface area contributed by atoms with Crippen molar-refractivity contribution >= 4 is 21.9 Å². The molecular formula is C12H19BrO2. The third-order valence-corrected chi connectivity index (χ3v) is 6.18. The van der Waals surface area contributed by atoms with Gasteiger partial charge in [-0.1, -0.05) is 29.8 Å². The molecule has 0 saturated heterocycles. The van der Waals surface area contributed by atoms with Crippen LogP contribution in [0, 0.1) is 16.7 Å². The van der Waals surface area contributed by atoms with Crippen molar-refractivity contribution in [2.24, 2.45) is 16.7 Å². The molecule has 2 saturated carbocycles. The molecule has 0 aromatic heterocycles. The molecule has 2 aliphatic carbocycles. The van der Waals surface area contributed by atoms with Crippen LogP contribution in [0.15, 0.2) is 0 Å². The van der Waals surface area contributed by atoms with E-state index in [-0.39, 0.29) is 17.5 Å². The Morgan fingerprint density at radius 1 is 1.53 bits per heavy atom. The summed E-state index contributed by atoms with van der Waals surface area (Å²) in [4.78, 5) is 11.1. The van der Waals surface area contributed by atoms with Crippen LogP contribution < -0.4 is 0 Å². The Hall–Kier alpha value is -0.0500. The van der Waals surface area contributed by atoms with E-state index in [0.29, 0.717) is 11.3 Å². The molecule has 2 rings (SSSR count). The lowest BCUT2D eigenvalue weighted by Crippen LogP contribution is -2.40. The predicted octanol–water partition coefficient (Wildman–Crippen LogP) is 3.14. The third kappa shape index (κ3) is 1.38. The fourth-order valence-corrected chi connectivity index (χ4v) is 4.71. The fourth-order valence-electron chi connectivity index (χ4n) is 3.61. The van der Waals surface area contributed by atoms with Crippen LogP contribution in [0.3, 0.4) is 0 Å². The molecule has 0 N–H and O–H groups in total. The molecule has 2 fully saturated rings. The lowest BCUT2D eigenvalue weighted by atomic mass is 9.70. The van der Waals surface area contributed by atoms with Crippen molar-refractivity contribution in [2.45, 2.75) is 46.1 Å². The van der Waals surface area contributed by atoms with Gasteiger partial charge in [0.15, 0.2) is 0 Å². The molecule has 0 unspecified atom stereocenters. The molecular weight excluding hydrogens is 256 g/mol. The van der Waals surface area contributed by atoms with Gasteiger partial charge >= 0.3 is 5.97 Å². The molecule has 0 spiro atoms. The van der Waals surface area contributed by atoms with E-state index in [0.717, 1.165) is 11.8 Å². The number of hydrogen-bond acceptors (Lipinski definition) is 2. The van der Waals surface area contributed by atoms with Crippen LogP contribution in [0.1, 0.15) is 40.0 Å². The molecule has 15 heavy (non-hydrogen) atoms. The molecule has 0 aliphatic heterocycles. The zero-order valence-electron chi connectivity index (χ0n) is 9.68. The number of alkyl halides is 1. The van der Waals surface area contributed by atoms with Crippen LogP contribution in [0.2, 0.25) is 0 Å². The molecule has 0 aromatic rings. The summed E-state index contributed by atoms with van der Waals surface area (Å²) in [5.74, 6) is 0.580. The molecule has 0 radical (unpaired) electrons. The highest BCUT2D eigenvalue weighted by Gasteiger charge is 2.64. The van der Waals surface area contributed by atoms with Gasteiger partial charge in [-0.05, 0) is 30.6 Å². The summed E-state index contributed by atoms with van der Waals surface area (Å²) in [6.07, 6.45) is 3.67. The van der Waals surface area contributed by atoms with E-state index in [1.54, 1.807) is 0 Å². The van der Waals surface area contributed by atoms with E-state index in [1.165, 1.54) is 19.8 Å². The first-order valence-corrected chi connectivity index (χ1v) is 6.79. The minimum Gasteiger partial charge on any atom is -0.462 e. The number of halogens is 1. The van der Waals surface area contributed by atoms with Crippen molar-refractivity contribution in [2.75, 3.05) is 5.33 Å². The number of carbonyl (C=O) groups excluding carboxylic acids is 1. The molecule has 0 heterocycles. The largest absolute Gasteiger partial charge is 0.462 e. The highest BCUT2D eigenvalue weighted by molar-refractivity contribution is 9.09. The number of ether oxygens (including phenoxy) is 1. The average molecular weight is 275 g/mol. The van der Waals surface area contributed by atoms with Crippen LogP contribution in [-0.4, -0.2) is 17.4 Å². The van der Waals surface area contributed by atoms with Gasteiger partial charge < -0.3 is 4.74 Å². The number of rotatable bonds is 2. The summed E-state index contributed by atoms with van der Waals surface area (Å²) in [5, 5.41) is 1.01. The molecule has 0 aromatic carbocycles. The van der Waals surface area contributed by atoms with Gasteiger partial charge in [0.2, 0.25) is 0 Å². The second kappa shape index (κ2) is 3.47. The highest BCUT2D eigenvalue weighted by atomic mass is 79.9. The van der Waals surface area contributed by atoms with Gasteiger partial charge in [0.1, 0.15) is 6.10 Å². The number of hydrogen-bond donors (Lipinski definition) is 0. The Labute approximate surface area is 99.9 Å². The third-order valence-electron chi connectivity index (χ3n) is 5.01. The predicted molar refractivity (Wildman–Crippen MR) is 62.9 cm³/mol. The SMILES string of the molecule is CC(=O)O[C@@H]1C[C@H]2CC[C@@]1(C)[C@@]2(C)CBr. The van der Waals surface area contributed by atoms with Crippen molar-refractivity contribution in [3.63, 3.8) is 0 Å². The standard InChI is InChI=1S/C12H19BrO2/c1-8(14)15-10-6-9-4-5-11(10,2)12(9,3)7-13/h9-10H,4-7H2,1-3H3/t9-,10-,11-,12+/m1/s1. The molecule has 0 amide bonds. The van der Waals surface area contributed by atoms with Crippen molar-refractivity contribution in [1.29, 1.82) is 0 Å². The van der Waals surface area contributed by atoms with Crippen molar-refractivity contribution in [3.05, 3.63) is 0 Å². The monoisotopic (exact) mass is 274 g/mol. The van der Waals surface area contributed by atoms with E-state index >= 15 is 0 Å². The summed E-state index contributed by atoms with van der Waals surface area (Å²) >= 11 is 3.64. The zero-order valence-corrected chi connectivity index (χ0v) is 11.3. The number of fused-ring (bicyclic) bond motifs is 2. The molecule has 4 atom stereocenters. The Bertz CT molecular complexity index is 291. The maximum Gasteiger partial charge on any atom is 0.302 e. The minimum absolute atomic E-state index is 0.134. The quantitative estimate of drug-likeness (QED) is 0.571. The summed E-state index contributed by atoms with van der Waals surface area (Å²) in [6.45, 7) is 6.14. The normalized spacial score (nSPS) is 48.3.